The summed E-state index contributed by atoms with van der Waals surface area (Å²) in [4.78, 5) is 34.9. The van der Waals surface area contributed by atoms with E-state index in [1.54, 1.807) is 4.90 Å². The highest BCUT2D eigenvalue weighted by molar-refractivity contribution is 5.86. The fraction of sp³-hybridized carbons (Fsp3) is 0.500. The van der Waals surface area contributed by atoms with Crippen molar-refractivity contribution in [1.82, 2.24) is 15.2 Å². The molecular formula is C30H38N4O5. The zero-order chi connectivity index (χ0) is 27.4. The Labute approximate surface area is 229 Å². The highest BCUT2D eigenvalue weighted by Gasteiger charge is 2.40. The zero-order valence-electron chi connectivity index (χ0n) is 23.0. The van der Waals surface area contributed by atoms with Crippen molar-refractivity contribution in [2.24, 2.45) is 0 Å². The maximum absolute atomic E-state index is 13.6. The van der Waals surface area contributed by atoms with Crippen LogP contribution in [-0.4, -0.2) is 65.3 Å². The van der Waals surface area contributed by atoms with Gasteiger partial charge in [0.2, 0.25) is 5.91 Å². The molecule has 0 saturated carbocycles. The molecule has 9 heteroatoms. The topological polar surface area (TPSA) is 97.1 Å². The van der Waals surface area contributed by atoms with E-state index in [-0.39, 0.29) is 24.0 Å². The normalized spacial score (nSPS) is 21.8. The molecule has 1 unspecified atom stereocenters. The first-order valence-corrected chi connectivity index (χ1v) is 13.8. The van der Waals surface area contributed by atoms with Gasteiger partial charge in [-0.3, -0.25) is 4.79 Å². The number of anilines is 1. The third kappa shape index (κ3) is 6.71. The predicted octanol–water partition coefficient (Wildman–Crippen LogP) is 4.90. The molecule has 0 radical (unpaired) electrons. The van der Waals surface area contributed by atoms with E-state index in [9.17, 15) is 9.59 Å². The van der Waals surface area contributed by atoms with Gasteiger partial charge in [-0.1, -0.05) is 42.5 Å². The van der Waals surface area contributed by atoms with Gasteiger partial charge in [-0.25, -0.2) is 4.79 Å². The Morgan fingerprint density at radius 1 is 1.08 bits per heavy atom. The third-order valence-corrected chi connectivity index (χ3v) is 7.14. The Morgan fingerprint density at radius 3 is 2.62 bits per heavy atom. The predicted molar refractivity (Wildman–Crippen MR) is 148 cm³/mol. The van der Waals surface area contributed by atoms with Gasteiger partial charge in [-0.2, -0.15) is 4.98 Å². The molecule has 3 heterocycles. The molecule has 208 valence electrons. The van der Waals surface area contributed by atoms with E-state index < -0.39 is 11.7 Å². The molecule has 2 fully saturated rings. The minimum atomic E-state index is -0.615. The number of aromatic nitrogens is 1. The van der Waals surface area contributed by atoms with Crippen LogP contribution in [0.1, 0.15) is 52.0 Å². The minimum absolute atomic E-state index is 0.0723. The number of piperidine rings is 1. The molecule has 2 amide bonds. The molecule has 2 saturated heterocycles. The monoisotopic (exact) mass is 534 g/mol. The minimum Gasteiger partial charge on any atom is -0.444 e. The smallest absolute Gasteiger partial charge is 0.410 e. The molecule has 9 nitrogen and oxygen atoms in total. The second-order valence-corrected chi connectivity index (χ2v) is 11.4. The largest absolute Gasteiger partial charge is 0.444 e. The zero-order valence-corrected chi connectivity index (χ0v) is 23.0. The van der Waals surface area contributed by atoms with Gasteiger partial charge in [0.25, 0.3) is 6.01 Å². The van der Waals surface area contributed by atoms with E-state index in [2.05, 4.69) is 10.3 Å². The lowest BCUT2D eigenvalue weighted by molar-refractivity contribution is -0.123. The number of hydrogen-bond acceptors (Lipinski definition) is 7. The number of hydrogen-bond donors (Lipinski definition) is 1. The maximum atomic E-state index is 13.6. The van der Waals surface area contributed by atoms with Gasteiger partial charge in [-0.05, 0) is 64.2 Å². The van der Waals surface area contributed by atoms with E-state index in [4.69, 9.17) is 13.9 Å². The van der Waals surface area contributed by atoms with Crippen LogP contribution in [0.2, 0.25) is 0 Å². The average molecular weight is 535 g/mol. The number of benzene rings is 2. The third-order valence-electron chi connectivity index (χ3n) is 7.14. The summed E-state index contributed by atoms with van der Waals surface area (Å²) in [6.45, 7) is 7.45. The molecule has 1 N–H and O–H groups in total. The summed E-state index contributed by atoms with van der Waals surface area (Å²) in [6, 6.07) is 17.3. The summed E-state index contributed by atoms with van der Waals surface area (Å²) >= 11 is 0. The molecule has 39 heavy (non-hydrogen) atoms. The second kappa shape index (κ2) is 11.7. The Bertz CT molecular complexity index is 1240. The van der Waals surface area contributed by atoms with E-state index in [0.29, 0.717) is 44.3 Å². The Kier molecular flexibility index (Phi) is 8.07. The Balaban J connectivity index is 1.25. The molecule has 2 aromatic carbocycles. The van der Waals surface area contributed by atoms with Crippen LogP contribution < -0.4 is 10.2 Å². The van der Waals surface area contributed by atoms with E-state index in [0.717, 1.165) is 30.3 Å². The molecule has 5 rings (SSSR count). The first-order valence-electron chi connectivity index (χ1n) is 13.8. The molecule has 3 aromatic rings. The molecular weight excluding hydrogens is 496 g/mol. The Hall–Kier alpha value is -3.59. The van der Waals surface area contributed by atoms with Crippen LogP contribution in [0.3, 0.4) is 0 Å². The number of fused-ring (bicyclic) bond motifs is 1. The summed E-state index contributed by atoms with van der Waals surface area (Å²) in [5.74, 6) is -0.0723. The van der Waals surface area contributed by atoms with Crippen LogP contribution in [0.15, 0.2) is 59.0 Å². The quantitative estimate of drug-likeness (QED) is 0.461. The van der Waals surface area contributed by atoms with Crippen molar-refractivity contribution < 1.29 is 23.5 Å². The number of ether oxygens (including phenoxy) is 2. The molecule has 3 atom stereocenters. The number of carbonyl (C=O) groups excluding carboxylic acids is 2. The number of rotatable bonds is 7. The molecule has 0 spiro atoms. The Morgan fingerprint density at radius 2 is 1.85 bits per heavy atom. The number of oxazole rings is 1. The lowest BCUT2D eigenvalue weighted by atomic mass is 10.0. The summed E-state index contributed by atoms with van der Waals surface area (Å²) in [5, 5.41) is 3.21. The van der Waals surface area contributed by atoms with Crippen LogP contribution in [-0.2, 0) is 20.9 Å². The molecule has 2 aliphatic heterocycles. The second-order valence-electron chi connectivity index (χ2n) is 11.4. The number of amides is 2. The average Bonchev–Trinajstić information content (AvgIpc) is 3.52. The van der Waals surface area contributed by atoms with Crippen molar-refractivity contribution in [1.29, 1.82) is 0 Å². The SMILES string of the molecule is CC(C)(C)OC(=O)N1CC(NC(=O)[C@@H]2CCCCN2c2nc3ccccc3o2)C[C@H]1COCc1ccccc1. The van der Waals surface area contributed by atoms with Crippen LogP contribution in [0.25, 0.3) is 11.1 Å². The van der Waals surface area contributed by atoms with Gasteiger partial charge in [-0.15, -0.1) is 0 Å². The van der Waals surface area contributed by atoms with E-state index >= 15 is 0 Å². The fourth-order valence-corrected chi connectivity index (χ4v) is 5.32. The van der Waals surface area contributed by atoms with Crippen LogP contribution in [0, 0.1) is 0 Å². The van der Waals surface area contributed by atoms with Crippen molar-refractivity contribution in [3.05, 3.63) is 60.2 Å². The molecule has 2 aliphatic rings. The standard InChI is InChI=1S/C30H38N4O5/c1-30(2,3)39-29(36)34-18-22(17-23(34)20-37-19-21-11-5-4-6-12-21)31-27(35)25-14-9-10-16-33(25)28-32-24-13-7-8-15-26(24)38-28/h4-8,11-13,15,22-23,25H,9-10,14,16-20H2,1-3H3,(H,31,35)/t22?,23-,25-/m0/s1. The van der Waals surface area contributed by atoms with Crippen molar-refractivity contribution >= 4 is 29.1 Å². The molecule has 1 aromatic heterocycles. The maximum Gasteiger partial charge on any atom is 0.410 e. The highest BCUT2D eigenvalue weighted by Crippen LogP contribution is 2.29. The van der Waals surface area contributed by atoms with Crippen molar-refractivity contribution in [3.63, 3.8) is 0 Å². The summed E-state index contributed by atoms with van der Waals surface area (Å²) < 4.78 is 17.7. The number of carbonyl (C=O) groups is 2. The first kappa shape index (κ1) is 27.0. The lowest BCUT2D eigenvalue weighted by Crippen LogP contribution is -2.52. The van der Waals surface area contributed by atoms with Gasteiger partial charge in [0.15, 0.2) is 5.58 Å². The van der Waals surface area contributed by atoms with Gasteiger partial charge in [0.1, 0.15) is 17.2 Å². The number of nitrogens with one attached hydrogen (secondary N) is 1. The summed E-state index contributed by atoms with van der Waals surface area (Å²) in [5.41, 5.74) is 1.94. The first-order chi connectivity index (χ1) is 18.8. The van der Waals surface area contributed by atoms with E-state index in [1.165, 1.54) is 0 Å². The van der Waals surface area contributed by atoms with E-state index in [1.807, 2.05) is 80.3 Å². The van der Waals surface area contributed by atoms with Gasteiger partial charge < -0.3 is 29.0 Å². The number of nitrogens with zero attached hydrogens (tertiary/aromatic N) is 3. The summed E-state index contributed by atoms with van der Waals surface area (Å²) in [6.07, 6.45) is 2.85. The highest BCUT2D eigenvalue weighted by atomic mass is 16.6. The lowest BCUT2D eigenvalue weighted by Gasteiger charge is -2.34. The van der Waals surface area contributed by atoms with Gasteiger partial charge in [0, 0.05) is 19.1 Å². The van der Waals surface area contributed by atoms with Gasteiger partial charge >= 0.3 is 6.09 Å². The van der Waals surface area contributed by atoms with Crippen molar-refractivity contribution in [2.75, 3.05) is 24.6 Å². The molecule has 0 bridgehead atoms. The summed E-state index contributed by atoms with van der Waals surface area (Å²) in [7, 11) is 0. The fourth-order valence-electron chi connectivity index (χ4n) is 5.32. The number of para-hydroxylation sites is 2. The molecule has 0 aliphatic carbocycles. The number of likely N-dealkylation sites (tertiary alicyclic amines) is 1. The van der Waals surface area contributed by atoms with Gasteiger partial charge in [0.05, 0.1) is 19.3 Å². The van der Waals surface area contributed by atoms with Crippen molar-refractivity contribution in [3.8, 4) is 0 Å². The van der Waals surface area contributed by atoms with Crippen LogP contribution in [0.5, 0.6) is 0 Å². The van der Waals surface area contributed by atoms with Crippen molar-refractivity contribution in [2.45, 2.75) is 76.8 Å². The van der Waals surface area contributed by atoms with Crippen LogP contribution >= 0.6 is 0 Å². The van der Waals surface area contributed by atoms with Crippen LogP contribution in [0.4, 0.5) is 10.8 Å².